The molecule has 58 valence electrons. The van der Waals surface area contributed by atoms with Crippen LogP contribution in [0.25, 0.3) is 0 Å². The first kappa shape index (κ1) is 9.57. The van der Waals surface area contributed by atoms with Gasteiger partial charge in [0.25, 0.3) is 0 Å². The Balaban J connectivity index is 0.000000371. The molecule has 1 nitrogen and oxygen atoms in total. The van der Waals surface area contributed by atoms with Crippen molar-refractivity contribution in [2.24, 2.45) is 7.05 Å². The van der Waals surface area contributed by atoms with Gasteiger partial charge in [-0.05, 0) is 13.0 Å². The van der Waals surface area contributed by atoms with Gasteiger partial charge in [-0.15, -0.1) is 0 Å². The molecule has 0 unspecified atom stereocenters. The second kappa shape index (κ2) is 4.40. The molecule has 2 heteroatoms. The van der Waals surface area contributed by atoms with Crippen molar-refractivity contribution in [3.8, 4) is 0 Å². The maximum Gasteiger partial charge on any atom is 0.0612 e. The van der Waals surface area contributed by atoms with Gasteiger partial charge in [0.2, 0.25) is 0 Å². The van der Waals surface area contributed by atoms with Crippen LogP contribution < -0.4 is 0 Å². The van der Waals surface area contributed by atoms with E-state index in [1.54, 1.807) is 0 Å². The van der Waals surface area contributed by atoms with Gasteiger partial charge >= 0.3 is 0 Å². The molecule has 0 amide bonds. The van der Waals surface area contributed by atoms with E-state index >= 15 is 0 Å². The zero-order valence-corrected chi connectivity index (χ0v) is 7.74. The molecular weight excluding hydrogens is 146 g/mol. The first-order chi connectivity index (χ1) is 4.72. The predicted octanol–water partition coefficient (Wildman–Crippen LogP) is 3.01. The van der Waals surface area contributed by atoms with Crippen LogP contribution >= 0.6 is 11.6 Å². The van der Waals surface area contributed by atoms with Crippen molar-refractivity contribution in [1.29, 1.82) is 0 Å². The lowest BCUT2D eigenvalue weighted by Gasteiger charge is -1.92. The molecular formula is C8H14ClN. The van der Waals surface area contributed by atoms with Crippen molar-refractivity contribution in [1.82, 2.24) is 4.57 Å². The number of hydrogen-bond donors (Lipinski definition) is 0. The molecule has 1 aromatic heterocycles. The molecule has 0 aliphatic heterocycles. The van der Waals surface area contributed by atoms with E-state index in [9.17, 15) is 0 Å². The summed E-state index contributed by atoms with van der Waals surface area (Å²) in [7, 11) is 1.97. The fraction of sp³-hybridized carbons (Fsp3) is 0.500. The lowest BCUT2D eigenvalue weighted by Crippen LogP contribution is -1.85. The van der Waals surface area contributed by atoms with Gasteiger partial charge in [0.15, 0.2) is 0 Å². The molecule has 1 rings (SSSR count). The Morgan fingerprint density at radius 2 is 1.90 bits per heavy atom. The lowest BCUT2D eigenvalue weighted by molar-refractivity contribution is 0.882. The second-order valence-electron chi connectivity index (χ2n) is 1.86. The first-order valence-electron chi connectivity index (χ1n) is 3.49. The maximum atomic E-state index is 5.71. The summed E-state index contributed by atoms with van der Waals surface area (Å²) in [6.45, 7) is 5.99. The minimum Gasteiger partial charge on any atom is -0.353 e. The van der Waals surface area contributed by atoms with Gasteiger partial charge in [0.1, 0.15) is 0 Å². The zero-order valence-electron chi connectivity index (χ0n) is 6.98. The van der Waals surface area contributed by atoms with E-state index in [-0.39, 0.29) is 0 Å². The Labute approximate surface area is 67.6 Å². The Hall–Kier alpha value is -0.430. The van der Waals surface area contributed by atoms with Crippen LogP contribution in [0.2, 0.25) is 5.02 Å². The standard InChI is InChI=1S/C6H8ClN.C2H6/c1-5-6(7)3-4-8(5)2;1-2/h3-4H,1-2H3;1-2H3. The van der Waals surface area contributed by atoms with Crippen LogP contribution in [0, 0.1) is 6.92 Å². The van der Waals surface area contributed by atoms with Gasteiger partial charge in [0.05, 0.1) is 5.02 Å². The van der Waals surface area contributed by atoms with Crippen LogP contribution in [0.3, 0.4) is 0 Å². The Morgan fingerprint density at radius 1 is 1.40 bits per heavy atom. The van der Waals surface area contributed by atoms with Crippen molar-refractivity contribution >= 4 is 11.6 Å². The van der Waals surface area contributed by atoms with Crippen LogP contribution in [0.1, 0.15) is 19.5 Å². The number of hydrogen-bond acceptors (Lipinski definition) is 0. The highest BCUT2D eigenvalue weighted by Gasteiger charge is 1.94. The molecule has 1 aromatic rings. The molecule has 0 aliphatic rings. The van der Waals surface area contributed by atoms with Gasteiger partial charge in [-0.25, -0.2) is 0 Å². The molecule has 0 saturated heterocycles. The molecule has 0 N–H and O–H groups in total. The molecule has 0 spiro atoms. The van der Waals surface area contributed by atoms with E-state index in [1.807, 2.05) is 44.6 Å². The summed E-state index contributed by atoms with van der Waals surface area (Å²) in [6, 6.07) is 1.89. The van der Waals surface area contributed by atoms with Gasteiger partial charge in [-0.2, -0.15) is 0 Å². The fourth-order valence-corrected chi connectivity index (χ4v) is 0.768. The van der Waals surface area contributed by atoms with Crippen LogP contribution in [0.15, 0.2) is 12.3 Å². The SMILES string of the molecule is CC.Cc1c(Cl)ccn1C. The molecule has 10 heavy (non-hydrogen) atoms. The summed E-state index contributed by atoms with van der Waals surface area (Å²) in [5, 5.41) is 0.840. The molecule has 0 bridgehead atoms. The van der Waals surface area contributed by atoms with E-state index in [4.69, 9.17) is 11.6 Å². The summed E-state index contributed by atoms with van der Waals surface area (Å²) >= 11 is 5.71. The maximum absolute atomic E-state index is 5.71. The minimum atomic E-state index is 0.840. The first-order valence-corrected chi connectivity index (χ1v) is 3.87. The summed E-state index contributed by atoms with van der Waals surface area (Å²) in [5.74, 6) is 0. The molecule has 0 fully saturated rings. The molecule has 0 atom stereocenters. The molecule has 0 aromatic carbocycles. The average molecular weight is 160 g/mol. The van der Waals surface area contributed by atoms with Gasteiger partial charge in [0, 0.05) is 18.9 Å². The van der Waals surface area contributed by atoms with Crippen LogP contribution in [-0.4, -0.2) is 4.57 Å². The van der Waals surface area contributed by atoms with Crippen molar-refractivity contribution in [3.63, 3.8) is 0 Å². The van der Waals surface area contributed by atoms with E-state index < -0.39 is 0 Å². The van der Waals surface area contributed by atoms with Crippen LogP contribution in [0.5, 0.6) is 0 Å². The molecule has 1 heterocycles. The van der Waals surface area contributed by atoms with Gasteiger partial charge in [-0.3, -0.25) is 0 Å². The van der Waals surface area contributed by atoms with Crippen molar-refractivity contribution in [2.45, 2.75) is 20.8 Å². The van der Waals surface area contributed by atoms with Crippen molar-refractivity contribution < 1.29 is 0 Å². The van der Waals surface area contributed by atoms with Crippen molar-refractivity contribution in [2.75, 3.05) is 0 Å². The van der Waals surface area contributed by atoms with E-state index in [0.29, 0.717) is 0 Å². The number of aromatic nitrogens is 1. The second-order valence-corrected chi connectivity index (χ2v) is 2.27. The number of nitrogens with zero attached hydrogens (tertiary/aromatic N) is 1. The van der Waals surface area contributed by atoms with E-state index in [1.165, 1.54) is 0 Å². The molecule has 0 aliphatic carbocycles. The van der Waals surface area contributed by atoms with Crippen LogP contribution in [-0.2, 0) is 7.05 Å². The summed E-state index contributed by atoms with van der Waals surface area (Å²) in [4.78, 5) is 0. The van der Waals surface area contributed by atoms with Crippen LogP contribution in [0.4, 0.5) is 0 Å². The highest BCUT2D eigenvalue weighted by Crippen LogP contribution is 2.13. The normalized spacial score (nSPS) is 8.50. The number of aryl methyl sites for hydroxylation is 1. The summed E-state index contributed by atoms with van der Waals surface area (Å²) in [6.07, 6.45) is 1.94. The summed E-state index contributed by atoms with van der Waals surface area (Å²) < 4.78 is 1.99. The number of halogens is 1. The summed E-state index contributed by atoms with van der Waals surface area (Å²) in [5.41, 5.74) is 1.12. The largest absolute Gasteiger partial charge is 0.353 e. The lowest BCUT2D eigenvalue weighted by atomic mass is 10.5. The Bertz CT molecular complexity index is 172. The Morgan fingerprint density at radius 3 is 2.00 bits per heavy atom. The topological polar surface area (TPSA) is 4.93 Å². The molecule has 0 saturated carbocycles. The van der Waals surface area contributed by atoms with E-state index in [0.717, 1.165) is 10.7 Å². The fourth-order valence-electron chi connectivity index (χ4n) is 0.578. The predicted molar refractivity (Wildman–Crippen MR) is 46.5 cm³/mol. The number of rotatable bonds is 0. The third kappa shape index (κ3) is 2.07. The van der Waals surface area contributed by atoms with Gasteiger partial charge in [-0.1, -0.05) is 25.4 Å². The smallest absolute Gasteiger partial charge is 0.0612 e. The van der Waals surface area contributed by atoms with Gasteiger partial charge < -0.3 is 4.57 Å². The Kier molecular flexibility index (Phi) is 4.21. The quantitative estimate of drug-likeness (QED) is 0.549. The van der Waals surface area contributed by atoms with E-state index in [2.05, 4.69) is 0 Å². The highest BCUT2D eigenvalue weighted by molar-refractivity contribution is 6.31. The van der Waals surface area contributed by atoms with Crippen molar-refractivity contribution in [3.05, 3.63) is 23.0 Å². The zero-order chi connectivity index (χ0) is 8.15. The third-order valence-electron chi connectivity index (χ3n) is 1.32. The monoisotopic (exact) mass is 159 g/mol. The minimum absolute atomic E-state index is 0.840. The highest BCUT2D eigenvalue weighted by atomic mass is 35.5. The average Bonchev–Trinajstić information content (AvgIpc) is 2.25. The third-order valence-corrected chi connectivity index (χ3v) is 1.72. The molecule has 0 radical (unpaired) electrons.